The number of carbonyl (C=O) groups is 1. The molecule has 110 valence electrons. The second-order valence-electron chi connectivity index (χ2n) is 5.56. The standard InChI is InChI=1S/C14H22N4O2/c1-2-11(15)13(12-4-3-7-20-12)17-5-6-18-10(9-17)8-16-14(18)19/h3-4,7,10-11,13H,2,5-6,8-9,15H2,1H3,(H,16,19). The highest BCUT2D eigenvalue weighted by molar-refractivity contribution is 5.77. The van der Waals surface area contributed by atoms with Gasteiger partial charge in [-0.2, -0.15) is 0 Å². The minimum Gasteiger partial charge on any atom is -0.468 e. The van der Waals surface area contributed by atoms with Crippen molar-refractivity contribution in [3.05, 3.63) is 24.2 Å². The molecular weight excluding hydrogens is 256 g/mol. The van der Waals surface area contributed by atoms with Gasteiger partial charge in [0.25, 0.3) is 0 Å². The average Bonchev–Trinajstić information content (AvgIpc) is 3.10. The molecule has 0 radical (unpaired) electrons. The monoisotopic (exact) mass is 278 g/mol. The number of urea groups is 1. The van der Waals surface area contributed by atoms with Gasteiger partial charge in [0.15, 0.2) is 0 Å². The number of amides is 2. The molecule has 2 aliphatic heterocycles. The van der Waals surface area contributed by atoms with Crippen molar-refractivity contribution in [2.24, 2.45) is 5.73 Å². The largest absolute Gasteiger partial charge is 0.468 e. The third-order valence-corrected chi connectivity index (χ3v) is 4.37. The summed E-state index contributed by atoms with van der Waals surface area (Å²) < 4.78 is 5.59. The number of furan rings is 1. The summed E-state index contributed by atoms with van der Waals surface area (Å²) in [5, 5.41) is 2.90. The summed E-state index contributed by atoms with van der Waals surface area (Å²) in [6.07, 6.45) is 2.59. The number of piperazine rings is 1. The summed E-state index contributed by atoms with van der Waals surface area (Å²) in [6.45, 7) is 5.25. The van der Waals surface area contributed by atoms with Crippen LogP contribution in [0.3, 0.4) is 0 Å². The van der Waals surface area contributed by atoms with Crippen molar-refractivity contribution in [3.8, 4) is 0 Å². The molecule has 0 saturated carbocycles. The van der Waals surface area contributed by atoms with E-state index in [4.69, 9.17) is 10.2 Å². The van der Waals surface area contributed by atoms with Gasteiger partial charge in [-0.1, -0.05) is 6.92 Å². The Balaban J connectivity index is 1.77. The van der Waals surface area contributed by atoms with Gasteiger partial charge in [-0.25, -0.2) is 4.79 Å². The molecule has 3 rings (SSSR count). The Morgan fingerprint density at radius 1 is 1.55 bits per heavy atom. The number of carbonyl (C=O) groups excluding carboxylic acids is 1. The minimum absolute atomic E-state index is 0.0396. The van der Waals surface area contributed by atoms with E-state index in [-0.39, 0.29) is 24.2 Å². The molecule has 2 fully saturated rings. The highest BCUT2D eigenvalue weighted by Gasteiger charge is 2.39. The molecule has 3 atom stereocenters. The van der Waals surface area contributed by atoms with E-state index in [1.54, 1.807) is 6.26 Å². The van der Waals surface area contributed by atoms with Gasteiger partial charge >= 0.3 is 6.03 Å². The van der Waals surface area contributed by atoms with E-state index in [1.165, 1.54) is 0 Å². The van der Waals surface area contributed by atoms with Gasteiger partial charge in [0.2, 0.25) is 0 Å². The first-order valence-electron chi connectivity index (χ1n) is 7.28. The molecule has 2 aliphatic rings. The molecule has 6 heteroatoms. The first kappa shape index (κ1) is 13.5. The van der Waals surface area contributed by atoms with E-state index in [2.05, 4.69) is 17.1 Å². The molecule has 3 N–H and O–H groups in total. The summed E-state index contributed by atoms with van der Waals surface area (Å²) in [5.74, 6) is 0.921. The van der Waals surface area contributed by atoms with E-state index in [9.17, 15) is 4.79 Å². The van der Waals surface area contributed by atoms with Crippen LogP contribution in [0.4, 0.5) is 4.79 Å². The van der Waals surface area contributed by atoms with Gasteiger partial charge in [0, 0.05) is 32.2 Å². The van der Waals surface area contributed by atoms with Crippen LogP contribution >= 0.6 is 0 Å². The van der Waals surface area contributed by atoms with Crippen molar-refractivity contribution >= 4 is 6.03 Å². The second-order valence-corrected chi connectivity index (χ2v) is 5.56. The van der Waals surface area contributed by atoms with Gasteiger partial charge in [0.1, 0.15) is 5.76 Å². The number of nitrogens with zero attached hydrogens (tertiary/aromatic N) is 2. The Hall–Kier alpha value is -1.53. The lowest BCUT2D eigenvalue weighted by Crippen LogP contribution is -2.55. The molecule has 1 aromatic rings. The topological polar surface area (TPSA) is 74.7 Å². The van der Waals surface area contributed by atoms with Gasteiger partial charge < -0.3 is 20.4 Å². The van der Waals surface area contributed by atoms with Crippen molar-refractivity contribution in [2.45, 2.75) is 31.5 Å². The van der Waals surface area contributed by atoms with Gasteiger partial charge in [-0.05, 0) is 18.6 Å². The van der Waals surface area contributed by atoms with Crippen LogP contribution in [-0.2, 0) is 0 Å². The van der Waals surface area contributed by atoms with Crippen LogP contribution in [0.15, 0.2) is 22.8 Å². The van der Waals surface area contributed by atoms with Gasteiger partial charge in [0.05, 0.1) is 18.3 Å². The Kier molecular flexibility index (Phi) is 3.67. The number of fused-ring (bicyclic) bond motifs is 1. The quantitative estimate of drug-likeness (QED) is 0.853. The lowest BCUT2D eigenvalue weighted by Gasteiger charge is -2.41. The number of nitrogens with two attached hydrogens (primary N) is 1. The van der Waals surface area contributed by atoms with Crippen LogP contribution in [0.5, 0.6) is 0 Å². The summed E-state index contributed by atoms with van der Waals surface area (Å²) in [5.41, 5.74) is 6.31. The smallest absolute Gasteiger partial charge is 0.317 e. The maximum absolute atomic E-state index is 11.7. The molecule has 20 heavy (non-hydrogen) atoms. The van der Waals surface area contributed by atoms with E-state index >= 15 is 0 Å². The zero-order valence-electron chi connectivity index (χ0n) is 11.8. The van der Waals surface area contributed by atoms with Crippen molar-refractivity contribution in [2.75, 3.05) is 26.2 Å². The summed E-state index contributed by atoms with van der Waals surface area (Å²) in [4.78, 5) is 15.9. The van der Waals surface area contributed by atoms with E-state index in [1.807, 2.05) is 17.0 Å². The van der Waals surface area contributed by atoms with Gasteiger partial charge in [-0.15, -0.1) is 0 Å². The summed E-state index contributed by atoms with van der Waals surface area (Å²) >= 11 is 0. The zero-order chi connectivity index (χ0) is 14.1. The number of hydrogen-bond donors (Lipinski definition) is 2. The van der Waals surface area contributed by atoms with Crippen LogP contribution in [0, 0.1) is 0 Å². The van der Waals surface area contributed by atoms with Crippen LogP contribution in [0.2, 0.25) is 0 Å². The Labute approximate surface area is 118 Å². The molecule has 2 saturated heterocycles. The minimum atomic E-state index is 0.0396. The first-order valence-corrected chi connectivity index (χ1v) is 7.28. The van der Waals surface area contributed by atoms with Crippen LogP contribution in [0.25, 0.3) is 0 Å². The van der Waals surface area contributed by atoms with E-state index in [0.717, 1.165) is 38.4 Å². The molecule has 2 amide bonds. The van der Waals surface area contributed by atoms with Crippen LogP contribution in [0.1, 0.15) is 25.1 Å². The molecule has 1 aromatic heterocycles. The van der Waals surface area contributed by atoms with Crippen LogP contribution < -0.4 is 11.1 Å². The fourth-order valence-corrected chi connectivity index (χ4v) is 3.23. The summed E-state index contributed by atoms with van der Waals surface area (Å²) in [6, 6.07) is 4.33. The Morgan fingerprint density at radius 3 is 3.10 bits per heavy atom. The number of nitrogens with one attached hydrogen (secondary N) is 1. The van der Waals surface area contributed by atoms with E-state index in [0.29, 0.717) is 0 Å². The number of rotatable bonds is 4. The molecule has 0 spiro atoms. The predicted molar refractivity (Wildman–Crippen MR) is 75.2 cm³/mol. The Morgan fingerprint density at radius 2 is 2.40 bits per heavy atom. The molecular formula is C14H22N4O2. The molecule has 3 unspecified atom stereocenters. The fraction of sp³-hybridized carbons (Fsp3) is 0.643. The first-order chi connectivity index (χ1) is 9.70. The second kappa shape index (κ2) is 5.46. The molecule has 0 bridgehead atoms. The van der Waals surface area contributed by atoms with Crippen molar-refractivity contribution < 1.29 is 9.21 Å². The average molecular weight is 278 g/mol. The Bertz CT molecular complexity index is 462. The lowest BCUT2D eigenvalue weighted by atomic mass is 10.00. The van der Waals surface area contributed by atoms with Crippen molar-refractivity contribution in [1.29, 1.82) is 0 Å². The maximum atomic E-state index is 11.7. The summed E-state index contributed by atoms with van der Waals surface area (Å²) in [7, 11) is 0. The van der Waals surface area contributed by atoms with Crippen molar-refractivity contribution in [3.63, 3.8) is 0 Å². The molecule has 0 aliphatic carbocycles. The third kappa shape index (κ3) is 2.29. The van der Waals surface area contributed by atoms with E-state index < -0.39 is 0 Å². The highest BCUT2D eigenvalue weighted by atomic mass is 16.3. The fourth-order valence-electron chi connectivity index (χ4n) is 3.23. The third-order valence-electron chi connectivity index (χ3n) is 4.37. The predicted octanol–water partition coefficient (Wildman–Crippen LogP) is 0.767. The van der Waals surface area contributed by atoms with Crippen molar-refractivity contribution in [1.82, 2.24) is 15.1 Å². The highest BCUT2D eigenvalue weighted by Crippen LogP contribution is 2.28. The van der Waals surface area contributed by atoms with Crippen LogP contribution in [-0.4, -0.2) is 54.1 Å². The normalized spacial score (nSPS) is 26.2. The number of hydrogen-bond acceptors (Lipinski definition) is 4. The molecule has 0 aromatic carbocycles. The molecule has 6 nitrogen and oxygen atoms in total. The zero-order valence-corrected chi connectivity index (χ0v) is 11.8. The van der Waals surface area contributed by atoms with Gasteiger partial charge in [-0.3, -0.25) is 4.90 Å². The molecule has 3 heterocycles. The lowest BCUT2D eigenvalue weighted by molar-refractivity contribution is 0.0673. The maximum Gasteiger partial charge on any atom is 0.317 e. The SMILES string of the molecule is CCC(N)C(c1ccco1)N1CCN2C(=O)NCC2C1.